The van der Waals surface area contributed by atoms with Gasteiger partial charge in [-0.05, 0) is 36.1 Å². The van der Waals surface area contributed by atoms with Crippen LogP contribution in [0, 0.1) is 5.92 Å². The highest BCUT2D eigenvalue weighted by atomic mass is 19.4. The Morgan fingerprint density at radius 1 is 1.11 bits per heavy atom. The summed E-state index contributed by atoms with van der Waals surface area (Å²) in [5.74, 6) is -1.86. The summed E-state index contributed by atoms with van der Waals surface area (Å²) in [6.45, 7) is 1.60. The van der Waals surface area contributed by atoms with E-state index in [0.29, 0.717) is 17.5 Å². The predicted octanol–water partition coefficient (Wildman–Crippen LogP) is 5.87. The zero-order valence-corrected chi connectivity index (χ0v) is 15.8. The van der Waals surface area contributed by atoms with E-state index in [9.17, 15) is 31.4 Å². The minimum absolute atomic E-state index is 0.0912. The number of aromatic hydroxyl groups is 1. The first-order valence-corrected chi connectivity index (χ1v) is 8.65. The quantitative estimate of drug-likeness (QED) is 0.406. The molecular weight excluding hydrogens is 390 g/mol. The van der Waals surface area contributed by atoms with Gasteiger partial charge < -0.3 is 14.6 Å². The predicted molar refractivity (Wildman–Crippen MR) is 92.7 cm³/mol. The Morgan fingerprint density at radius 3 is 2.21 bits per heavy atom. The van der Waals surface area contributed by atoms with Crippen molar-refractivity contribution in [2.45, 2.75) is 51.1 Å². The number of ether oxygens (including phenoxy) is 2. The second-order valence-corrected chi connectivity index (χ2v) is 6.46. The highest BCUT2D eigenvalue weighted by molar-refractivity contribution is 5.53. The smallest absolute Gasteiger partial charge is 0.426 e. The van der Waals surface area contributed by atoms with Crippen molar-refractivity contribution in [2.24, 2.45) is 5.92 Å². The van der Waals surface area contributed by atoms with Gasteiger partial charge in [0, 0.05) is 13.0 Å². The van der Waals surface area contributed by atoms with E-state index in [2.05, 4.69) is 9.47 Å². The molecular formula is C19H24F6O3. The van der Waals surface area contributed by atoms with E-state index in [4.69, 9.17) is 0 Å². The number of rotatable bonds is 9. The van der Waals surface area contributed by atoms with E-state index in [-0.39, 0.29) is 5.75 Å². The number of hydrogen-bond donors (Lipinski definition) is 1. The topological polar surface area (TPSA) is 38.7 Å². The van der Waals surface area contributed by atoms with Gasteiger partial charge in [-0.25, -0.2) is 0 Å². The van der Waals surface area contributed by atoms with Crippen LogP contribution in [0.25, 0.3) is 6.08 Å². The minimum Gasteiger partial charge on any atom is -0.508 e. The molecule has 3 nitrogen and oxygen atoms in total. The third-order valence-corrected chi connectivity index (χ3v) is 4.36. The van der Waals surface area contributed by atoms with E-state index in [1.807, 2.05) is 6.92 Å². The first-order valence-electron chi connectivity index (χ1n) is 8.65. The second kappa shape index (κ2) is 9.65. The normalized spacial score (nSPS) is 14.6. The van der Waals surface area contributed by atoms with Crippen LogP contribution in [0.5, 0.6) is 5.75 Å². The Hall–Kier alpha value is -1.74. The number of methoxy groups -OCH3 is 1. The number of phenols is 1. The van der Waals surface area contributed by atoms with E-state index >= 15 is 0 Å². The molecule has 1 N–H and O–H groups in total. The van der Waals surface area contributed by atoms with Gasteiger partial charge in [0.2, 0.25) is 0 Å². The maximum atomic E-state index is 13.4. The monoisotopic (exact) mass is 414 g/mol. The van der Waals surface area contributed by atoms with Crippen molar-refractivity contribution in [1.29, 1.82) is 0 Å². The van der Waals surface area contributed by atoms with Crippen LogP contribution in [0.15, 0.2) is 24.3 Å². The molecule has 0 radical (unpaired) electrons. The standard InChI is InChI=1S/C19H24F6O3/c1-4-6-15-11-14(9-10-16(15)26)8-5-7-13(2)17(18(20,21)22,19(23,24)25)28-12-27-3/h5,8-11,13,26H,4,6-7,12H2,1-3H3/b8-5+. The average molecular weight is 414 g/mol. The number of phenolic OH excluding ortho intramolecular Hbond substituents is 1. The van der Waals surface area contributed by atoms with Crippen LogP contribution in [0.1, 0.15) is 37.8 Å². The Balaban J connectivity index is 3.10. The van der Waals surface area contributed by atoms with Crippen LogP contribution < -0.4 is 0 Å². The molecule has 0 heterocycles. The van der Waals surface area contributed by atoms with Crippen LogP contribution in [0.4, 0.5) is 26.3 Å². The van der Waals surface area contributed by atoms with Crippen molar-refractivity contribution in [2.75, 3.05) is 13.9 Å². The van der Waals surface area contributed by atoms with Gasteiger partial charge >= 0.3 is 12.4 Å². The number of halogens is 6. The van der Waals surface area contributed by atoms with Gasteiger partial charge in [-0.2, -0.15) is 26.3 Å². The number of aryl methyl sites for hydroxylation is 1. The molecule has 0 aliphatic carbocycles. The van der Waals surface area contributed by atoms with Crippen molar-refractivity contribution in [3.05, 3.63) is 35.4 Å². The van der Waals surface area contributed by atoms with Crippen LogP contribution in [-0.4, -0.2) is 37.0 Å². The SMILES string of the molecule is CCCc1cc(/C=C/CC(C)C(OCOC)(C(F)(F)F)C(F)(F)F)ccc1O. The van der Waals surface area contributed by atoms with E-state index < -0.39 is 37.1 Å². The van der Waals surface area contributed by atoms with E-state index in [1.165, 1.54) is 24.3 Å². The van der Waals surface area contributed by atoms with Gasteiger partial charge in [0.15, 0.2) is 0 Å². The summed E-state index contributed by atoms with van der Waals surface area (Å²) in [7, 11) is 0.945. The summed E-state index contributed by atoms with van der Waals surface area (Å²) in [5.41, 5.74) is -3.13. The fraction of sp³-hybridized carbons (Fsp3) is 0.579. The van der Waals surface area contributed by atoms with Gasteiger partial charge in [-0.3, -0.25) is 0 Å². The number of alkyl halides is 6. The Kier molecular flexibility index (Phi) is 8.37. The molecule has 0 aliphatic heterocycles. The third-order valence-electron chi connectivity index (χ3n) is 4.36. The van der Waals surface area contributed by atoms with Crippen molar-refractivity contribution in [3.8, 4) is 5.75 Å². The second-order valence-electron chi connectivity index (χ2n) is 6.46. The molecule has 0 saturated carbocycles. The number of allylic oxidation sites excluding steroid dienone is 1. The lowest BCUT2D eigenvalue weighted by Gasteiger charge is -2.40. The molecule has 1 unspecified atom stereocenters. The molecule has 0 saturated heterocycles. The lowest BCUT2D eigenvalue weighted by molar-refractivity contribution is -0.406. The van der Waals surface area contributed by atoms with Gasteiger partial charge in [-0.15, -0.1) is 0 Å². The minimum atomic E-state index is -5.68. The highest BCUT2D eigenvalue weighted by Crippen LogP contribution is 2.51. The largest absolute Gasteiger partial charge is 0.508 e. The molecule has 0 spiro atoms. The molecule has 0 bridgehead atoms. The van der Waals surface area contributed by atoms with Crippen LogP contribution in [0.3, 0.4) is 0 Å². The molecule has 0 fully saturated rings. The lowest BCUT2D eigenvalue weighted by Crippen LogP contribution is -2.63. The van der Waals surface area contributed by atoms with Crippen molar-refractivity contribution < 1.29 is 40.9 Å². The van der Waals surface area contributed by atoms with E-state index in [1.54, 1.807) is 6.07 Å². The van der Waals surface area contributed by atoms with Gasteiger partial charge in [0.1, 0.15) is 12.5 Å². The van der Waals surface area contributed by atoms with Crippen LogP contribution in [-0.2, 0) is 15.9 Å². The molecule has 28 heavy (non-hydrogen) atoms. The highest BCUT2D eigenvalue weighted by Gasteiger charge is 2.74. The zero-order valence-electron chi connectivity index (χ0n) is 15.8. The number of benzene rings is 1. The fourth-order valence-electron chi connectivity index (χ4n) is 2.93. The Morgan fingerprint density at radius 2 is 1.71 bits per heavy atom. The summed E-state index contributed by atoms with van der Waals surface area (Å²) >= 11 is 0. The molecule has 0 aromatic heterocycles. The lowest BCUT2D eigenvalue weighted by atomic mass is 9.84. The van der Waals surface area contributed by atoms with E-state index in [0.717, 1.165) is 20.5 Å². The summed E-state index contributed by atoms with van der Waals surface area (Å²) in [6, 6.07) is 4.60. The summed E-state index contributed by atoms with van der Waals surface area (Å²) in [6.07, 6.45) is -7.87. The first kappa shape index (κ1) is 24.3. The molecule has 0 aliphatic rings. The van der Waals surface area contributed by atoms with Crippen LogP contribution in [0.2, 0.25) is 0 Å². The third kappa shape index (κ3) is 5.41. The molecule has 1 atom stereocenters. The molecule has 1 aromatic rings. The first-order chi connectivity index (χ1) is 12.9. The van der Waals surface area contributed by atoms with Gasteiger partial charge in [-0.1, -0.05) is 38.5 Å². The number of hydrogen-bond acceptors (Lipinski definition) is 3. The van der Waals surface area contributed by atoms with Crippen LogP contribution >= 0.6 is 0 Å². The molecule has 9 heteroatoms. The zero-order chi connectivity index (χ0) is 21.6. The van der Waals surface area contributed by atoms with Crippen molar-refractivity contribution in [3.63, 3.8) is 0 Å². The molecule has 160 valence electrons. The van der Waals surface area contributed by atoms with Gasteiger partial charge in [0.25, 0.3) is 5.60 Å². The van der Waals surface area contributed by atoms with Gasteiger partial charge in [0.05, 0.1) is 0 Å². The average Bonchev–Trinajstić information content (AvgIpc) is 2.56. The van der Waals surface area contributed by atoms with Crippen molar-refractivity contribution in [1.82, 2.24) is 0 Å². The Labute approximate surface area is 160 Å². The summed E-state index contributed by atoms with van der Waals surface area (Å²) in [5, 5.41) is 9.75. The summed E-state index contributed by atoms with van der Waals surface area (Å²) < 4.78 is 89.0. The Bertz CT molecular complexity index is 638. The maximum absolute atomic E-state index is 13.4. The molecule has 1 aromatic carbocycles. The molecule has 1 rings (SSSR count). The molecule has 0 amide bonds. The van der Waals surface area contributed by atoms with Crippen molar-refractivity contribution >= 4 is 6.08 Å². The summed E-state index contributed by atoms with van der Waals surface area (Å²) in [4.78, 5) is 0. The maximum Gasteiger partial charge on any atom is 0.426 e. The fourth-order valence-corrected chi connectivity index (χ4v) is 2.93.